The van der Waals surface area contributed by atoms with Crippen molar-refractivity contribution in [3.8, 4) is 0 Å². The zero-order valence-electron chi connectivity index (χ0n) is 16.7. The van der Waals surface area contributed by atoms with Crippen LogP contribution in [-0.2, 0) is 19.5 Å². The van der Waals surface area contributed by atoms with Crippen molar-refractivity contribution in [1.82, 2.24) is 0 Å². The first-order valence-corrected chi connectivity index (χ1v) is 11.4. The van der Waals surface area contributed by atoms with Crippen molar-refractivity contribution in [2.75, 3.05) is 0 Å². The number of ether oxygens (including phenoxy) is 2. The summed E-state index contributed by atoms with van der Waals surface area (Å²) in [6.07, 6.45) is 11.6. The van der Waals surface area contributed by atoms with Gasteiger partial charge in [-0.15, -0.1) is 6.58 Å². The summed E-state index contributed by atoms with van der Waals surface area (Å²) in [6, 6.07) is 6.52. The van der Waals surface area contributed by atoms with Gasteiger partial charge in [0.25, 0.3) is 10.0 Å². The van der Waals surface area contributed by atoms with Gasteiger partial charge in [0, 0.05) is 0 Å². The van der Waals surface area contributed by atoms with Gasteiger partial charge in [-0.2, -0.15) is 8.42 Å². The number of aryl methyl sites for hydroxylation is 1. The van der Waals surface area contributed by atoms with Gasteiger partial charge in [-0.25, -0.2) is 0 Å². The van der Waals surface area contributed by atoms with E-state index in [2.05, 4.69) is 17.6 Å². The monoisotopic (exact) mass is 405 g/mol. The fraction of sp³-hybridized carbons (Fsp3) is 0.500. The lowest BCUT2D eigenvalue weighted by Crippen LogP contribution is -2.19. The van der Waals surface area contributed by atoms with Crippen molar-refractivity contribution in [2.45, 2.75) is 75.4 Å². The number of unbranched alkanes of at least 4 members (excludes halogenated alkanes) is 6. The van der Waals surface area contributed by atoms with Gasteiger partial charge in [-0.3, -0.25) is 0 Å². The molecule has 2 atom stereocenters. The molecule has 28 heavy (non-hydrogen) atoms. The summed E-state index contributed by atoms with van der Waals surface area (Å²) in [5.74, 6) is 0. The molecule has 1 aliphatic rings. The maximum Gasteiger partial charge on any atom is 0.401 e. The Morgan fingerprint density at radius 1 is 1.00 bits per heavy atom. The Labute approximate surface area is 169 Å². The zero-order chi connectivity index (χ0) is 20.4. The van der Waals surface area contributed by atoms with Crippen LogP contribution in [0.1, 0.15) is 56.9 Å². The average molecular weight is 406 g/mol. The number of benzene rings is 1. The van der Waals surface area contributed by atoms with E-state index in [1.54, 1.807) is 18.2 Å². The molecule has 0 N–H and O–H groups in total. The average Bonchev–Trinajstić information content (AvgIpc) is 3.05. The molecule has 0 aromatic heterocycles. The van der Waals surface area contributed by atoms with Crippen molar-refractivity contribution in [2.24, 2.45) is 4.40 Å². The SMILES string of the molecule is C=CCCCCCCCC[C@H]1O/C(=N/S(=O)(=O)c2ccc(C)cc2)O[C@@H]1C=C. The second-order valence-corrected chi connectivity index (χ2v) is 8.71. The Balaban J connectivity index is 1.85. The van der Waals surface area contributed by atoms with Gasteiger partial charge >= 0.3 is 6.08 Å². The van der Waals surface area contributed by atoms with Gasteiger partial charge in [0.2, 0.25) is 0 Å². The smallest absolute Gasteiger partial charge is 0.401 e. The highest BCUT2D eigenvalue weighted by Crippen LogP contribution is 2.24. The van der Waals surface area contributed by atoms with Gasteiger partial charge in [0.15, 0.2) is 6.10 Å². The van der Waals surface area contributed by atoms with Crippen LogP contribution in [0.4, 0.5) is 0 Å². The predicted molar refractivity (Wildman–Crippen MR) is 113 cm³/mol. The van der Waals surface area contributed by atoms with Crippen LogP contribution in [0.3, 0.4) is 0 Å². The molecule has 0 amide bonds. The predicted octanol–water partition coefficient (Wildman–Crippen LogP) is 5.32. The Morgan fingerprint density at radius 2 is 1.64 bits per heavy atom. The van der Waals surface area contributed by atoms with Crippen LogP contribution in [0.2, 0.25) is 0 Å². The molecular weight excluding hydrogens is 374 g/mol. The van der Waals surface area contributed by atoms with Gasteiger partial charge in [-0.05, 0) is 50.8 Å². The maximum absolute atomic E-state index is 12.4. The second-order valence-electron chi connectivity index (χ2n) is 7.11. The molecule has 1 heterocycles. The van der Waals surface area contributed by atoms with Crippen molar-refractivity contribution >= 4 is 16.1 Å². The second kappa shape index (κ2) is 11.1. The van der Waals surface area contributed by atoms with Crippen LogP contribution in [0, 0.1) is 6.92 Å². The summed E-state index contributed by atoms with van der Waals surface area (Å²) in [5.41, 5.74) is 0.979. The van der Waals surface area contributed by atoms with Crippen LogP contribution in [0.25, 0.3) is 0 Å². The summed E-state index contributed by atoms with van der Waals surface area (Å²) < 4.78 is 39.8. The molecule has 154 valence electrons. The van der Waals surface area contributed by atoms with E-state index in [0.29, 0.717) is 0 Å². The molecule has 0 bridgehead atoms. The minimum atomic E-state index is -3.86. The molecule has 1 aromatic rings. The van der Waals surface area contributed by atoms with E-state index in [9.17, 15) is 8.42 Å². The van der Waals surface area contributed by atoms with Crippen molar-refractivity contribution in [1.29, 1.82) is 0 Å². The number of allylic oxidation sites excluding steroid dienone is 1. The highest BCUT2D eigenvalue weighted by Gasteiger charge is 2.34. The van der Waals surface area contributed by atoms with E-state index in [-0.39, 0.29) is 23.2 Å². The molecule has 0 spiro atoms. The van der Waals surface area contributed by atoms with Crippen LogP contribution < -0.4 is 0 Å². The van der Waals surface area contributed by atoms with Crippen molar-refractivity contribution < 1.29 is 17.9 Å². The normalized spacial score (nSPS) is 20.5. The number of hydrogen-bond donors (Lipinski definition) is 0. The molecule has 1 saturated heterocycles. The Kier molecular flexibility index (Phi) is 8.77. The van der Waals surface area contributed by atoms with Crippen molar-refractivity contribution in [3.63, 3.8) is 0 Å². The van der Waals surface area contributed by atoms with E-state index in [1.807, 2.05) is 13.0 Å². The molecule has 0 radical (unpaired) electrons. The van der Waals surface area contributed by atoms with Crippen LogP contribution >= 0.6 is 0 Å². The molecule has 0 aliphatic carbocycles. The van der Waals surface area contributed by atoms with Gasteiger partial charge in [-0.1, -0.05) is 60.4 Å². The van der Waals surface area contributed by atoms with Gasteiger partial charge in [0.1, 0.15) is 6.10 Å². The highest BCUT2D eigenvalue weighted by atomic mass is 32.2. The molecule has 6 heteroatoms. The summed E-state index contributed by atoms with van der Waals surface area (Å²) in [7, 11) is -3.86. The maximum atomic E-state index is 12.4. The summed E-state index contributed by atoms with van der Waals surface area (Å²) >= 11 is 0. The Bertz CT molecular complexity index is 768. The Hall–Kier alpha value is -2.08. The summed E-state index contributed by atoms with van der Waals surface area (Å²) in [4.78, 5) is 0.118. The highest BCUT2D eigenvalue weighted by molar-refractivity contribution is 7.90. The molecular formula is C22H31NO4S. The first-order valence-electron chi connectivity index (χ1n) is 9.94. The van der Waals surface area contributed by atoms with E-state index in [0.717, 1.165) is 31.2 Å². The van der Waals surface area contributed by atoms with Crippen molar-refractivity contribution in [3.05, 3.63) is 55.1 Å². The number of hydrogen-bond acceptors (Lipinski definition) is 4. The minimum Gasteiger partial charge on any atom is -0.442 e. The third-order valence-corrected chi connectivity index (χ3v) is 6.01. The third-order valence-electron chi connectivity index (χ3n) is 4.75. The Morgan fingerprint density at radius 3 is 2.29 bits per heavy atom. The van der Waals surface area contributed by atoms with E-state index < -0.39 is 10.0 Å². The molecule has 0 unspecified atom stereocenters. The zero-order valence-corrected chi connectivity index (χ0v) is 17.5. The molecule has 5 nitrogen and oxygen atoms in total. The minimum absolute atomic E-state index is 0.118. The van der Waals surface area contributed by atoms with Crippen LogP contribution in [-0.4, -0.2) is 26.7 Å². The molecule has 2 rings (SSSR count). The lowest BCUT2D eigenvalue weighted by molar-refractivity contribution is 0.176. The molecule has 0 saturated carbocycles. The topological polar surface area (TPSA) is 65.0 Å². The fourth-order valence-electron chi connectivity index (χ4n) is 3.09. The molecule has 1 aliphatic heterocycles. The lowest BCUT2D eigenvalue weighted by Gasteiger charge is -2.11. The van der Waals surface area contributed by atoms with Gasteiger partial charge < -0.3 is 9.47 Å². The van der Waals surface area contributed by atoms with E-state index in [4.69, 9.17) is 9.47 Å². The van der Waals surface area contributed by atoms with Crippen LogP contribution in [0.15, 0.2) is 58.9 Å². The third kappa shape index (κ3) is 6.82. The number of sulfonamides is 1. The van der Waals surface area contributed by atoms with Gasteiger partial charge in [0.05, 0.1) is 4.90 Å². The van der Waals surface area contributed by atoms with E-state index >= 15 is 0 Å². The molecule has 1 fully saturated rings. The number of rotatable bonds is 12. The first kappa shape index (κ1) is 22.2. The first-order chi connectivity index (χ1) is 13.5. The standard InChI is InChI=1S/C22H31NO4S/c1-4-6-7-8-9-10-11-12-13-21-20(5-2)26-22(27-21)23-28(24,25)19-16-14-18(3)15-17-19/h4-5,14-17,20-21H,1-2,6-13H2,3H3/b23-22+/t20-,21-/m1/s1. The molecule has 1 aromatic carbocycles. The van der Waals surface area contributed by atoms with E-state index in [1.165, 1.54) is 37.8 Å². The fourth-order valence-corrected chi connectivity index (χ4v) is 3.95. The lowest BCUT2D eigenvalue weighted by atomic mass is 10.0. The largest absolute Gasteiger partial charge is 0.442 e. The summed E-state index contributed by atoms with van der Waals surface area (Å²) in [6.45, 7) is 9.39. The van der Waals surface area contributed by atoms with Crippen LogP contribution in [0.5, 0.6) is 0 Å². The number of nitrogens with zero attached hydrogens (tertiary/aromatic N) is 1. The quantitative estimate of drug-likeness (QED) is 0.349. The summed E-state index contributed by atoms with van der Waals surface area (Å²) in [5, 5.41) is 0.